The summed E-state index contributed by atoms with van der Waals surface area (Å²) in [6.45, 7) is 3.60. The summed E-state index contributed by atoms with van der Waals surface area (Å²) in [4.78, 5) is 17.1. The number of benzene rings is 1. The molecule has 0 unspecified atom stereocenters. The summed E-state index contributed by atoms with van der Waals surface area (Å²) in [5.41, 5.74) is 3.65. The van der Waals surface area contributed by atoms with E-state index in [-0.39, 0.29) is 6.10 Å². The quantitative estimate of drug-likeness (QED) is 0.478. The van der Waals surface area contributed by atoms with E-state index in [9.17, 15) is 4.79 Å². The summed E-state index contributed by atoms with van der Waals surface area (Å²) in [7, 11) is 0. The predicted octanol–water partition coefficient (Wildman–Crippen LogP) is 6.63. The van der Waals surface area contributed by atoms with E-state index in [0.29, 0.717) is 22.7 Å². The smallest absolute Gasteiger partial charge is 0.411 e. The molecule has 0 bridgehead atoms. The molecule has 2 heterocycles. The number of anilines is 1. The number of pyridine rings is 1. The van der Waals surface area contributed by atoms with Crippen molar-refractivity contribution in [1.82, 2.24) is 4.98 Å². The maximum absolute atomic E-state index is 11.8. The largest absolute Gasteiger partial charge is 0.474 e. The molecule has 2 aromatic heterocycles. The fourth-order valence-electron chi connectivity index (χ4n) is 2.79. The van der Waals surface area contributed by atoms with Gasteiger partial charge in [-0.3, -0.25) is 5.32 Å². The van der Waals surface area contributed by atoms with Gasteiger partial charge in [-0.05, 0) is 73.5 Å². The summed E-state index contributed by atoms with van der Waals surface area (Å²) >= 11 is 8.10. The Hall–Kier alpha value is -2.57. The topological polar surface area (TPSA) is 60.5 Å². The van der Waals surface area contributed by atoms with Crippen LogP contribution in [0, 0.1) is 0 Å². The highest BCUT2D eigenvalue weighted by atomic mass is 35.5. The molecule has 150 valence electrons. The van der Waals surface area contributed by atoms with E-state index in [1.54, 1.807) is 37.4 Å². The highest BCUT2D eigenvalue weighted by Gasteiger charge is 2.24. The number of ether oxygens (including phenoxy) is 2. The Kier molecular flexibility index (Phi) is 5.74. The Morgan fingerprint density at radius 3 is 2.76 bits per heavy atom. The van der Waals surface area contributed by atoms with Crippen molar-refractivity contribution >= 4 is 34.7 Å². The van der Waals surface area contributed by atoms with Gasteiger partial charge in [0.25, 0.3) is 0 Å². The molecule has 1 amide bonds. The first-order chi connectivity index (χ1) is 14.0. The van der Waals surface area contributed by atoms with Crippen molar-refractivity contribution in [2.75, 3.05) is 5.32 Å². The van der Waals surface area contributed by atoms with Crippen LogP contribution in [0.3, 0.4) is 0 Å². The van der Waals surface area contributed by atoms with Crippen LogP contribution in [-0.4, -0.2) is 23.3 Å². The number of hydrogen-bond donors (Lipinski definition) is 1. The van der Waals surface area contributed by atoms with E-state index in [1.807, 2.05) is 24.3 Å². The lowest BCUT2D eigenvalue weighted by molar-refractivity contribution is 0.130. The number of rotatable bonds is 6. The second kappa shape index (κ2) is 8.43. The monoisotopic (exact) mass is 428 g/mol. The zero-order chi connectivity index (χ0) is 20.4. The van der Waals surface area contributed by atoms with Crippen molar-refractivity contribution in [1.29, 1.82) is 0 Å². The van der Waals surface area contributed by atoms with E-state index >= 15 is 0 Å². The first kappa shape index (κ1) is 19.7. The second-order valence-electron chi connectivity index (χ2n) is 7.17. The summed E-state index contributed by atoms with van der Waals surface area (Å²) in [5.74, 6) is 0.666. The molecule has 1 N–H and O–H groups in total. The van der Waals surface area contributed by atoms with Gasteiger partial charge in [0.2, 0.25) is 5.88 Å². The van der Waals surface area contributed by atoms with Crippen molar-refractivity contribution < 1.29 is 14.3 Å². The zero-order valence-electron chi connectivity index (χ0n) is 16.1. The zero-order valence-corrected chi connectivity index (χ0v) is 17.7. The minimum absolute atomic E-state index is 0.183. The third-order valence-corrected chi connectivity index (χ3v) is 5.58. The molecule has 0 spiro atoms. The number of thiophene rings is 1. The molecule has 1 aliphatic carbocycles. The Morgan fingerprint density at radius 2 is 2.03 bits per heavy atom. The minimum Gasteiger partial charge on any atom is -0.474 e. The molecule has 29 heavy (non-hydrogen) atoms. The molecular weight excluding hydrogens is 408 g/mol. The maximum atomic E-state index is 11.8. The van der Waals surface area contributed by atoms with Gasteiger partial charge < -0.3 is 9.47 Å². The van der Waals surface area contributed by atoms with E-state index in [1.165, 1.54) is 0 Å². The minimum atomic E-state index is -0.496. The van der Waals surface area contributed by atoms with Crippen LogP contribution < -0.4 is 10.1 Å². The number of aromatic nitrogens is 1. The van der Waals surface area contributed by atoms with Crippen molar-refractivity contribution in [3.63, 3.8) is 0 Å². The molecule has 0 saturated heterocycles. The normalized spacial score (nSPS) is 13.4. The Labute approximate surface area is 178 Å². The van der Waals surface area contributed by atoms with Crippen LogP contribution >= 0.6 is 22.9 Å². The Bertz CT molecular complexity index is 1030. The second-order valence-corrected chi connectivity index (χ2v) is 8.49. The van der Waals surface area contributed by atoms with Crippen molar-refractivity contribution in [3.05, 3.63) is 53.0 Å². The third-order valence-electron chi connectivity index (χ3n) is 4.30. The number of carbonyl (C=O) groups is 1. The maximum Gasteiger partial charge on any atom is 0.411 e. The molecule has 1 saturated carbocycles. The molecule has 5 nitrogen and oxygen atoms in total. The van der Waals surface area contributed by atoms with Crippen LogP contribution in [0.1, 0.15) is 26.7 Å². The number of nitrogens with one attached hydrogen (secondary N) is 1. The summed E-state index contributed by atoms with van der Waals surface area (Å²) in [6, 6.07) is 11.5. The number of carbonyl (C=O) groups excluding carboxylic acids is 1. The Morgan fingerprint density at radius 1 is 1.21 bits per heavy atom. The SMILES string of the molecule is CC(C)OC(=O)Nc1ccc(-c2cc(-c3ccnc(OC4CC4)c3)cs2)c(Cl)c1. The van der Waals surface area contributed by atoms with Gasteiger partial charge in [-0.25, -0.2) is 9.78 Å². The van der Waals surface area contributed by atoms with Gasteiger partial charge in [0, 0.05) is 28.4 Å². The molecule has 7 heteroatoms. The van der Waals surface area contributed by atoms with Gasteiger partial charge in [-0.1, -0.05) is 11.6 Å². The van der Waals surface area contributed by atoms with E-state index < -0.39 is 6.09 Å². The highest BCUT2D eigenvalue weighted by molar-refractivity contribution is 7.14. The van der Waals surface area contributed by atoms with Crippen LogP contribution in [-0.2, 0) is 4.74 Å². The molecule has 0 atom stereocenters. The molecule has 4 rings (SSSR count). The molecular formula is C22H21ClN2O3S. The van der Waals surface area contributed by atoms with Crippen LogP contribution in [0.4, 0.5) is 10.5 Å². The average Bonchev–Trinajstić information content (AvgIpc) is 3.34. The lowest BCUT2D eigenvalue weighted by Gasteiger charge is -2.10. The third kappa shape index (κ3) is 5.08. The van der Waals surface area contributed by atoms with Crippen molar-refractivity contribution in [3.8, 4) is 27.4 Å². The first-order valence-electron chi connectivity index (χ1n) is 9.47. The van der Waals surface area contributed by atoms with Gasteiger partial charge in [-0.15, -0.1) is 11.3 Å². The summed E-state index contributed by atoms with van der Waals surface area (Å²) in [5, 5.41) is 5.34. The molecule has 1 aliphatic rings. The van der Waals surface area contributed by atoms with Crippen LogP contribution in [0.15, 0.2) is 48.0 Å². The number of halogens is 1. The lowest BCUT2D eigenvalue weighted by atomic mass is 10.1. The average molecular weight is 429 g/mol. The highest BCUT2D eigenvalue weighted by Crippen LogP contribution is 2.38. The predicted molar refractivity (Wildman–Crippen MR) is 117 cm³/mol. The van der Waals surface area contributed by atoms with Crippen LogP contribution in [0.25, 0.3) is 21.6 Å². The number of nitrogens with zero attached hydrogens (tertiary/aromatic N) is 1. The lowest BCUT2D eigenvalue weighted by Crippen LogP contribution is -2.17. The van der Waals surface area contributed by atoms with Gasteiger partial charge in [0.1, 0.15) is 6.10 Å². The molecule has 0 aliphatic heterocycles. The number of hydrogen-bond acceptors (Lipinski definition) is 5. The van der Waals surface area contributed by atoms with Gasteiger partial charge in [0.15, 0.2) is 0 Å². The molecule has 0 radical (unpaired) electrons. The standard InChI is InChI=1S/C22H21ClN2O3S/c1-13(2)27-22(26)25-16-3-6-18(19(23)11-16)20-9-15(12-29-20)14-7-8-24-21(10-14)28-17-4-5-17/h3,6-13,17H,4-5H2,1-2H3,(H,25,26). The van der Waals surface area contributed by atoms with Crippen molar-refractivity contribution in [2.24, 2.45) is 0 Å². The summed E-state index contributed by atoms with van der Waals surface area (Å²) < 4.78 is 10.9. The fourth-order valence-corrected chi connectivity index (χ4v) is 4.09. The van der Waals surface area contributed by atoms with Crippen molar-refractivity contribution in [2.45, 2.75) is 38.9 Å². The fraction of sp³-hybridized carbons (Fsp3) is 0.273. The van der Waals surface area contributed by atoms with Gasteiger partial charge >= 0.3 is 6.09 Å². The van der Waals surface area contributed by atoms with E-state index in [0.717, 1.165) is 34.4 Å². The van der Waals surface area contributed by atoms with Gasteiger partial charge in [0.05, 0.1) is 11.1 Å². The first-order valence-corrected chi connectivity index (χ1v) is 10.7. The number of amides is 1. The van der Waals surface area contributed by atoms with E-state index in [4.69, 9.17) is 21.1 Å². The van der Waals surface area contributed by atoms with E-state index in [2.05, 4.69) is 21.7 Å². The Balaban J connectivity index is 1.51. The summed E-state index contributed by atoms with van der Waals surface area (Å²) in [6.07, 6.45) is 3.62. The van der Waals surface area contributed by atoms with Crippen LogP contribution in [0.5, 0.6) is 5.88 Å². The molecule has 1 aromatic carbocycles. The molecule has 3 aromatic rings. The van der Waals surface area contributed by atoms with Gasteiger partial charge in [-0.2, -0.15) is 0 Å². The van der Waals surface area contributed by atoms with Crippen LogP contribution in [0.2, 0.25) is 5.02 Å². The molecule has 1 fully saturated rings.